The van der Waals surface area contributed by atoms with Gasteiger partial charge in [-0.25, -0.2) is 8.42 Å². The predicted octanol–water partition coefficient (Wildman–Crippen LogP) is 2.86. The van der Waals surface area contributed by atoms with Crippen molar-refractivity contribution in [3.8, 4) is 16.6 Å². The summed E-state index contributed by atoms with van der Waals surface area (Å²) in [4.78, 5) is 10.3. The lowest BCUT2D eigenvalue weighted by atomic mass is 10.3. The Morgan fingerprint density at radius 2 is 1.86 bits per heavy atom. The Bertz CT molecular complexity index is 781. The van der Waals surface area contributed by atoms with Crippen molar-refractivity contribution in [1.29, 1.82) is 0 Å². The number of methoxy groups -OCH3 is 1. The highest BCUT2D eigenvalue weighted by Crippen LogP contribution is 2.43. The summed E-state index contributed by atoms with van der Waals surface area (Å²) in [7, 11) is -2.11. The molecule has 0 aliphatic heterocycles. The molecule has 112 valence electrons. The number of nitro groups is 1. The average Bonchev–Trinajstić information content (AvgIpc) is 2.83. The molecule has 0 aliphatic rings. The molecule has 0 unspecified atom stereocenters. The Morgan fingerprint density at radius 3 is 2.38 bits per heavy atom. The smallest absolute Gasteiger partial charge is 0.324 e. The third-order valence-electron chi connectivity index (χ3n) is 2.49. The van der Waals surface area contributed by atoms with E-state index in [1.807, 2.05) is 0 Å². The molecule has 0 bridgehead atoms. The van der Waals surface area contributed by atoms with Crippen molar-refractivity contribution in [2.24, 2.45) is 0 Å². The summed E-state index contributed by atoms with van der Waals surface area (Å²) in [6.45, 7) is 0. The Balaban J connectivity index is 2.48. The monoisotopic (exact) mass is 329 g/mol. The summed E-state index contributed by atoms with van der Waals surface area (Å²) >= 11 is 0.701. The molecule has 9 heteroatoms. The van der Waals surface area contributed by atoms with Crippen LogP contribution in [0.2, 0.25) is 0 Å². The van der Waals surface area contributed by atoms with Crippen LogP contribution in [0.5, 0.6) is 16.6 Å². The van der Waals surface area contributed by atoms with Crippen molar-refractivity contribution in [3.05, 3.63) is 40.4 Å². The van der Waals surface area contributed by atoms with Gasteiger partial charge in [-0.2, -0.15) is 0 Å². The predicted molar refractivity (Wildman–Crippen MR) is 77.2 cm³/mol. The van der Waals surface area contributed by atoms with Gasteiger partial charge in [0.2, 0.25) is 0 Å². The van der Waals surface area contributed by atoms with Crippen molar-refractivity contribution < 1.29 is 22.8 Å². The molecule has 7 nitrogen and oxygen atoms in total. The summed E-state index contributed by atoms with van der Waals surface area (Å²) < 4.78 is 33.4. The standard InChI is InChI=1S/C12H11NO6S2/c1-18-9-5-3-4-6-10(9)19-12-8(13(14)15)7-11(20-12)21(2,16)17/h3-7H,1-2H3. The van der Waals surface area contributed by atoms with Crippen LogP contribution in [0, 0.1) is 10.1 Å². The van der Waals surface area contributed by atoms with Gasteiger partial charge in [0.25, 0.3) is 5.06 Å². The molecule has 0 saturated carbocycles. The molecule has 0 spiro atoms. The lowest BCUT2D eigenvalue weighted by molar-refractivity contribution is -0.385. The van der Waals surface area contributed by atoms with Crippen LogP contribution in [-0.4, -0.2) is 26.7 Å². The molecular formula is C12H11NO6S2. The minimum absolute atomic E-state index is 0.107. The van der Waals surface area contributed by atoms with Gasteiger partial charge in [0, 0.05) is 12.3 Å². The zero-order valence-corrected chi connectivity index (χ0v) is 12.7. The van der Waals surface area contributed by atoms with E-state index >= 15 is 0 Å². The van der Waals surface area contributed by atoms with Gasteiger partial charge in [-0.05, 0) is 12.1 Å². The number of nitrogens with zero attached hydrogens (tertiary/aromatic N) is 1. The highest BCUT2D eigenvalue weighted by Gasteiger charge is 2.26. The number of hydrogen-bond donors (Lipinski definition) is 0. The first-order valence-corrected chi connectivity index (χ1v) is 8.33. The van der Waals surface area contributed by atoms with Crippen LogP contribution < -0.4 is 9.47 Å². The van der Waals surface area contributed by atoms with E-state index in [1.54, 1.807) is 24.3 Å². The van der Waals surface area contributed by atoms with Crippen LogP contribution in [-0.2, 0) is 9.84 Å². The molecule has 2 aromatic rings. The maximum Gasteiger partial charge on any atom is 0.324 e. The molecule has 0 aliphatic carbocycles. The molecular weight excluding hydrogens is 318 g/mol. The second kappa shape index (κ2) is 5.70. The molecule has 1 heterocycles. The number of thiophene rings is 1. The summed E-state index contributed by atoms with van der Waals surface area (Å²) in [5.74, 6) is 0.658. The van der Waals surface area contributed by atoms with Crippen molar-refractivity contribution >= 4 is 26.9 Å². The molecule has 0 atom stereocenters. The molecule has 21 heavy (non-hydrogen) atoms. The van der Waals surface area contributed by atoms with Gasteiger partial charge in [-0.3, -0.25) is 10.1 Å². The number of rotatable bonds is 5. The molecule has 0 saturated heterocycles. The minimum atomic E-state index is -3.54. The van der Waals surface area contributed by atoms with E-state index in [1.165, 1.54) is 7.11 Å². The van der Waals surface area contributed by atoms with Gasteiger partial charge >= 0.3 is 5.69 Å². The lowest BCUT2D eigenvalue weighted by Crippen LogP contribution is -1.93. The number of sulfone groups is 1. The zero-order valence-electron chi connectivity index (χ0n) is 11.1. The normalized spacial score (nSPS) is 11.1. The molecule has 2 rings (SSSR count). The first-order valence-electron chi connectivity index (χ1n) is 5.62. The fraction of sp³-hybridized carbons (Fsp3) is 0.167. The average molecular weight is 329 g/mol. The van der Waals surface area contributed by atoms with Gasteiger partial charge in [-0.1, -0.05) is 23.5 Å². The van der Waals surface area contributed by atoms with E-state index in [2.05, 4.69) is 0 Å². The van der Waals surface area contributed by atoms with Gasteiger partial charge in [0.15, 0.2) is 21.3 Å². The van der Waals surface area contributed by atoms with Crippen molar-refractivity contribution in [2.75, 3.05) is 13.4 Å². The number of para-hydroxylation sites is 2. The number of hydrogen-bond acceptors (Lipinski definition) is 7. The SMILES string of the molecule is COc1ccccc1Oc1sc(S(C)(=O)=O)cc1[N+](=O)[O-]. The van der Waals surface area contributed by atoms with E-state index in [9.17, 15) is 18.5 Å². The van der Waals surface area contributed by atoms with Crippen LogP contribution in [0.4, 0.5) is 5.69 Å². The molecule has 0 amide bonds. The molecule has 1 aromatic carbocycles. The molecule has 0 fully saturated rings. The molecule has 0 radical (unpaired) electrons. The largest absolute Gasteiger partial charge is 0.493 e. The van der Waals surface area contributed by atoms with Crippen molar-refractivity contribution in [1.82, 2.24) is 0 Å². The Labute approximate surface area is 124 Å². The highest BCUT2D eigenvalue weighted by molar-refractivity contribution is 7.92. The van der Waals surface area contributed by atoms with Crippen LogP contribution in [0.15, 0.2) is 34.5 Å². The first kappa shape index (κ1) is 15.3. The quantitative estimate of drug-likeness (QED) is 0.618. The number of benzene rings is 1. The van der Waals surface area contributed by atoms with E-state index < -0.39 is 20.4 Å². The lowest BCUT2D eigenvalue weighted by Gasteiger charge is -2.07. The fourth-order valence-electron chi connectivity index (χ4n) is 1.53. The van der Waals surface area contributed by atoms with E-state index in [-0.39, 0.29) is 15.0 Å². The third-order valence-corrected chi connectivity index (χ3v) is 5.29. The second-order valence-corrected chi connectivity index (χ2v) is 7.28. The first-order chi connectivity index (χ1) is 9.82. The highest BCUT2D eigenvalue weighted by atomic mass is 32.2. The Morgan fingerprint density at radius 1 is 1.24 bits per heavy atom. The zero-order chi connectivity index (χ0) is 15.6. The molecule has 0 N–H and O–H groups in total. The van der Waals surface area contributed by atoms with Gasteiger partial charge in [0.1, 0.15) is 4.21 Å². The van der Waals surface area contributed by atoms with Gasteiger partial charge < -0.3 is 9.47 Å². The van der Waals surface area contributed by atoms with E-state index in [0.29, 0.717) is 17.1 Å². The Kier molecular flexibility index (Phi) is 4.14. The summed E-state index contributed by atoms with van der Waals surface area (Å²) in [6, 6.07) is 7.59. The Hall–Kier alpha value is -2.13. The van der Waals surface area contributed by atoms with Gasteiger partial charge in [0.05, 0.1) is 12.0 Å². The summed E-state index contributed by atoms with van der Waals surface area (Å²) in [6.07, 6.45) is 0.982. The minimum Gasteiger partial charge on any atom is -0.493 e. The van der Waals surface area contributed by atoms with Crippen molar-refractivity contribution in [3.63, 3.8) is 0 Å². The fourth-order valence-corrected chi connectivity index (χ4v) is 3.41. The van der Waals surface area contributed by atoms with E-state index in [0.717, 1.165) is 12.3 Å². The van der Waals surface area contributed by atoms with Gasteiger partial charge in [-0.15, -0.1) is 0 Å². The summed E-state index contributed by atoms with van der Waals surface area (Å²) in [5, 5.41) is 10.9. The van der Waals surface area contributed by atoms with Crippen LogP contribution in [0.25, 0.3) is 0 Å². The van der Waals surface area contributed by atoms with Crippen LogP contribution >= 0.6 is 11.3 Å². The summed E-state index contributed by atoms with van der Waals surface area (Å²) in [5.41, 5.74) is -0.397. The van der Waals surface area contributed by atoms with Crippen LogP contribution in [0.1, 0.15) is 0 Å². The number of ether oxygens (including phenoxy) is 2. The topological polar surface area (TPSA) is 95.7 Å². The maximum absolute atomic E-state index is 11.5. The van der Waals surface area contributed by atoms with Crippen molar-refractivity contribution in [2.45, 2.75) is 4.21 Å². The van der Waals surface area contributed by atoms with Crippen LogP contribution in [0.3, 0.4) is 0 Å². The maximum atomic E-state index is 11.5. The second-order valence-electron chi connectivity index (χ2n) is 4.02. The van der Waals surface area contributed by atoms with E-state index in [4.69, 9.17) is 9.47 Å². The molecule has 1 aromatic heterocycles. The third kappa shape index (κ3) is 3.31.